The Kier molecular flexibility index (Phi) is 3.77. The smallest absolute Gasteiger partial charge is 0.335 e. The number of aromatic carboxylic acids is 1. The van der Waals surface area contributed by atoms with Gasteiger partial charge in [0.05, 0.1) is 11.3 Å². The van der Waals surface area contributed by atoms with E-state index in [1.165, 1.54) is 18.2 Å². The number of amides is 1. The van der Waals surface area contributed by atoms with Crippen LogP contribution in [0.4, 0.5) is 5.69 Å². The summed E-state index contributed by atoms with van der Waals surface area (Å²) in [5, 5.41) is 15.4. The fourth-order valence-corrected chi connectivity index (χ4v) is 2.20. The largest absolute Gasteiger partial charge is 0.478 e. The van der Waals surface area contributed by atoms with Gasteiger partial charge in [-0.05, 0) is 36.7 Å². The Morgan fingerprint density at radius 1 is 1.37 bits per heavy atom. The maximum Gasteiger partial charge on any atom is 0.335 e. The number of halogens is 1. The Hall–Kier alpha value is -1.99. The molecular weight excluding hydrogens is 290 g/mol. The summed E-state index contributed by atoms with van der Waals surface area (Å²) < 4.78 is 3.66. The van der Waals surface area contributed by atoms with Gasteiger partial charge in [0.1, 0.15) is 4.88 Å². The molecule has 1 aromatic heterocycles. The van der Waals surface area contributed by atoms with Crippen molar-refractivity contribution in [3.8, 4) is 0 Å². The first-order valence-corrected chi connectivity index (χ1v) is 6.26. The molecule has 8 heteroatoms. The summed E-state index contributed by atoms with van der Waals surface area (Å²) in [5.74, 6) is -1.51. The Morgan fingerprint density at radius 3 is 2.68 bits per heavy atom. The van der Waals surface area contributed by atoms with Crippen LogP contribution < -0.4 is 5.32 Å². The van der Waals surface area contributed by atoms with Crippen LogP contribution in [0.2, 0.25) is 5.02 Å². The number of hydrogen-bond acceptors (Lipinski definition) is 5. The molecule has 0 radical (unpaired) electrons. The predicted molar refractivity (Wildman–Crippen MR) is 71.0 cm³/mol. The first kappa shape index (κ1) is 13.4. The van der Waals surface area contributed by atoms with E-state index in [0.717, 1.165) is 11.5 Å². The summed E-state index contributed by atoms with van der Waals surface area (Å²) >= 11 is 6.77. The lowest BCUT2D eigenvalue weighted by molar-refractivity contribution is 0.0696. The van der Waals surface area contributed by atoms with Gasteiger partial charge in [-0.1, -0.05) is 16.1 Å². The molecule has 19 heavy (non-hydrogen) atoms. The number of carbonyl (C=O) groups excluding carboxylic acids is 1. The van der Waals surface area contributed by atoms with Gasteiger partial charge >= 0.3 is 5.97 Å². The molecule has 2 N–H and O–H groups in total. The van der Waals surface area contributed by atoms with Gasteiger partial charge in [-0.2, -0.15) is 0 Å². The molecule has 0 saturated heterocycles. The van der Waals surface area contributed by atoms with E-state index in [9.17, 15) is 9.59 Å². The van der Waals surface area contributed by atoms with Crippen molar-refractivity contribution in [2.45, 2.75) is 6.92 Å². The van der Waals surface area contributed by atoms with E-state index in [2.05, 4.69) is 14.9 Å². The van der Waals surface area contributed by atoms with Gasteiger partial charge in [-0.25, -0.2) is 4.79 Å². The summed E-state index contributed by atoms with van der Waals surface area (Å²) in [6.07, 6.45) is 0. The number of benzene rings is 1. The minimum Gasteiger partial charge on any atom is -0.478 e. The Bertz CT molecular complexity index is 656. The molecule has 6 nitrogen and oxygen atoms in total. The molecule has 1 amide bonds. The molecule has 2 aromatic rings. The maximum atomic E-state index is 11.9. The van der Waals surface area contributed by atoms with Crippen LogP contribution in [0.15, 0.2) is 18.2 Å². The summed E-state index contributed by atoms with van der Waals surface area (Å²) in [6, 6.07) is 4.10. The van der Waals surface area contributed by atoms with E-state index in [0.29, 0.717) is 16.3 Å². The lowest BCUT2D eigenvalue weighted by atomic mass is 10.2. The van der Waals surface area contributed by atoms with Crippen LogP contribution in [0, 0.1) is 6.92 Å². The molecule has 0 aliphatic heterocycles. The molecule has 0 unspecified atom stereocenters. The average molecular weight is 298 g/mol. The molecule has 2 rings (SSSR count). The van der Waals surface area contributed by atoms with Crippen LogP contribution in [0.3, 0.4) is 0 Å². The van der Waals surface area contributed by atoms with Crippen molar-refractivity contribution in [3.05, 3.63) is 39.4 Å². The van der Waals surface area contributed by atoms with Crippen molar-refractivity contribution in [3.63, 3.8) is 0 Å². The SMILES string of the molecule is Cc1nnsc1C(=O)Nc1cc(Cl)cc(C(=O)O)c1. The van der Waals surface area contributed by atoms with Gasteiger partial charge in [-0.15, -0.1) is 5.10 Å². The van der Waals surface area contributed by atoms with Gasteiger partial charge in [0.25, 0.3) is 5.91 Å². The molecule has 0 atom stereocenters. The van der Waals surface area contributed by atoms with Gasteiger partial charge < -0.3 is 10.4 Å². The molecule has 0 bridgehead atoms. The first-order valence-electron chi connectivity index (χ1n) is 5.11. The number of carboxylic acids is 1. The molecule has 0 spiro atoms. The highest BCUT2D eigenvalue weighted by Gasteiger charge is 2.14. The van der Waals surface area contributed by atoms with Crippen LogP contribution in [-0.2, 0) is 0 Å². The van der Waals surface area contributed by atoms with Crippen LogP contribution in [0.5, 0.6) is 0 Å². The van der Waals surface area contributed by atoms with Crippen molar-refractivity contribution in [2.24, 2.45) is 0 Å². The number of aromatic nitrogens is 2. The van der Waals surface area contributed by atoms with Crippen LogP contribution >= 0.6 is 23.1 Å². The molecular formula is C11H8ClN3O3S. The van der Waals surface area contributed by atoms with E-state index in [1.807, 2.05) is 0 Å². The number of rotatable bonds is 3. The summed E-state index contributed by atoms with van der Waals surface area (Å²) in [4.78, 5) is 23.2. The standard InChI is InChI=1S/C11H8ClN3O3S/c1-5-9(19-15-14-5)10(16)13-8-3-6(11(17)18)2-7(12)4-8/h2-4H,1H3,(H,13,16)(H,17,18). The molecule has 0 aliphatic carbocycles. The summed E-state index contributed by atoms with van der Waals surface area (Å²) in [5.41, 5.74) is 0.827. The summed E-state index contributed by atoms with van der Waals surface area (Å²) in [7, 11) is 0. The van der Waals surface area contributed by atoms with Crippen LogP contribution in [0.1, 0.15) is 25.7 Å². The molecule has 98 valence electrons. The third kappa shape index (κ3) is 3.07. The van der Waals surface area contributed by atoms with E-state index >= 15 is 0 Å². The zero-order valence-electron chi connectivity index (χ0n) is 9.68. The van der Waals surface area contributed by atoms with Gasteiger partial charge in [0.2, 0.25) is 0 Å². The van der Waals surface area contributed by atoms with Crippen molar-refractivity contribution in [1.29, 1.82) is 0 Å². The molecule has 1 aromatic carbocycles. The number of nitrogens with zero attached hydrogens (tertiary/aromatic N) is 2. The fourth-order valence-electron chi connectivity index (χ4n) is 1.41. The van der Waals surface area contributed by atoms with E-state index in [4.69, 9.17) is 16.7 Å². The zero-order valence-corrected chi connectivity index (χ0v) is 11.2. The Labute approximate surface area is 117 Å². The normalized spacial score (nSPS) is 10.2. The van der Waals surface area contributed by atoms with E-state index in [-0.39, 0.29) is 10.6 Å². The average Bonchev–Trinajstić information content (AvgIpc) is 2.74. The molecule has 0 saturated carbocycles. The highest BCUT2D eigenvalue weighted by Crippen LogP contribution is 2.20. The molecule has 1 heterocycles. The highest BCUT2D eigenvalue weighted by molar-refractivity contribution is 7.08. The van der Waals surface area contributed by atoms with E-state index < -0.39 is 11.9 Å². The minimum absolute atomic E-state index is 0.00181. The van der Waals surface area contributed by atoms with Crippen LogP contribution in [0.25, 0.3) is 0 Å². The minimum atomic E-state index is -1.12. The number of carboxylic acid groups (broad SMARTS) is 1. The number of anilines is 1. The number of carbonyl (C=O) groups is 2. The topological polar surface area (TPSA) is 92.2 Å². The van der Waals surface area contributed by atoms with Gasteiger partial charge in [0, 0.05) is 10.7 Å². The van der Waals surface area contributed by atoms with Crippen molar-refractivity contribution < 1.29 is 14.7 Å². The zero-order chi connectivity index (χ0) is 14.0. The van der Waals surface area contributed by atoms with Crippen molar-refractivity contribution in [1.82, 2.24) is 9.59 Å². The second-order valence-electron chi connectivity index (χ2n) is 3.68. The highest BCUT2D eigenvalue weighted by atomic mass is 35.5. The lowest BCUT2D eigenvalue weighted by Crippen LogP contribution is -2.12. The number of hydrogen-bond donors (Lipinski definition) is 2. The maximum absolute atomic E-state index is 11.9. The summed E-state index contributed by atoms with van der Waals surface area (Å²) in [6.45, 7) is 1.67. The third-order valence-corrected chi connectivity index (χ3v) is 3.31. The number of nitrogens with one attached hydrogen (secondary N) is 1. The van der Waals surface area contributed by atoms with Crippen molar-refractivity contribution in [2.75, 3.05) is 5.32 Å². The Balaban J connectivity index is 2.26. The second-order valence-corrected chi connectivity index (χ2v) is 4.87. The Morgan fingerprint density at radius 2 is 2.11 bits per heavy atom. The number of aryl methyl sites for hydroxylation is 1. The quantitative estimate of drug-likeness (QED) is 0.908. The lowest BCUT2D eigenvalue weighted by Gasteiger charge is -2.05. The second kappa shape index (κ2) is 5.33. The van der Waals surface area contributed by atoms with Gasteiger partial charge in [-0.3, -0.25) is 4.79 Å². The van der Waals surface area contributed by atoms with Crippen LogP contribution in [-0.4, -0.2) is 26.6 Å². The van der Waals surface area contributed by atoms with Gasteiger partial charge in [0.15, 0.2) is 0 Å². The predicted octanol–water partition coefficient (Wildman–Crippen LogP) is 2.45. The van der Waals surface area contributed by atoms with Crippen molar-refractivity contribution >= 4 is 40.7 Å². The third-order valence-electron chi connectivity index (χ3n) is 2.26. The first-order chi connectivity index (χ1) is 8.97. The van der Waals surface area contributed by atoms with E-state index in [1.54, 1.807) is 6.92 Å². The monoisotopic (exact) mass is 297 g/mol. The molecule has 0 aliphatic rings. The molecule has 0 fully saturated rings. The fraction of sp³-hybridized carbons (Fsp3) is 0.0909.